The molecule has 2 aromatic heterocycles. The number of likely N-dealkylation sites (N-methyl/N-ethyl adjacent to an activating group) is 1. The first-order valence-corrected chi connectivity index (χ1v) is 11.3. The molecule has 0 amide bonds. The van der Waals surface area contributed by atoms with Crippen LogP contribution in [0.3, 0.4) is 0 Å². The van der Waals surface area contributed by atoms with E-state index >= 15 is 0 Å². The van der Waals surface area contributed by atoms with Crippen molar-refractivity contribution in [1.29, 1.82) is 0 Å². The van der Waals surface area contributed by atoms with Gasteiger partial charge in [-0.3, -0.25) is 0 Å². The van der Waals surface area contributed by atoms with Gasteiger partial charge in [-0.05, 0) is 38.2 Å². The number of nitrogens with one attached hydrogen (secondary N) is 1. The van der Waals surface area contributed by atoms with Gasteiger partial charge in [-0.25, -0.2) is 14.8 Å². The lowest BCUT2D eigenvalue weighted by Crippen LogP contribution is -2.44. The van der Waals surface area contributed by atoms with Crippen LogP contribution in [0.5, 0.6) is 5.75 Å². The van der Waals surface area contributed by atoms with Gasteiger partial charge in [-0.2, -0.15) is 0 Å². The van der Waals surface area contributed by atoms with Crippen molar-refractivity contribution in [2.75, 3.05) is 51.6 Å². The van der Waals surface area contributed by atoms with Crippen molar-refractivity contribution < 1.29 is 15.0 Å². The smallest absolute Gasteiger partial charge is 0.336 e. The SMILES string of the molecule is CN1CCN(CCCNc2ncc(Cl)c(-c3cc4c(C(=O)O)ccc(O)c4s3)n2)CC1. The standard InChI is InChI=1S/C21H24ClN5O3S/c1-26-7-9-27(10-8-26)6-2-5-23-21-24-12-15(22)18(25-21)17-11-14-13(20(29)30)3-4-16(28)19(14)31-17/h3-4,11-12,28H,2,5-10H2,1H3,(H,29,30)(H,23,24,25). The minimum Gasteiger partial charge on any atom is -0.506 e. The summed E-state index contributed by atoms with van der Waals surface area (Å²) in [6, 6.07) is 4.49. The van der Waals surface area contributed by atoms with E-state index in [1.165, 1.54) is 29.7 Å². The number of hydrogen-bond donors (Lipinski definition) is 3. The lowest BCUT2D eigenvalue weighted by Gasteiger charge is -2.32. The van der Waals surface area contributed by atoms with Gasteiger partial charge in [0.05, 0.1) is 26.4 Å². The van der Waals surface area contributed by atoms with Gasteiger partial charge in [0.15, 0.2) is 0 Å². The van der Waals surface area contributed by atoms with E-state index in [2.05, 4.69) is 32.1 Å². The number of anilines is 1. The van der Waals surface area contributed by atoms with Gasteiger partial charge >= 0.3 is 5.97 Å². The largest absolute Gasteiger partial charge is 0.506 e. The molecule has 0 unspecified atom stereocenters. The molecule has 0 bridgehead atoms. The van der Waals surface area contributed by atoms with Crippen LogP contribution in [0.4, 0.5) is 5.95 Å². The van der Waals surface area contributed by atoms with Crippen LogP contribution in [0.15, 0.2) is 24.4 Å². The minimum absolute atomic E-state index is 0.0312. The fourth-order valence-corrected chi connectivity index (χ4v) is 4.96. The molecule has 0 spiro atoms. The minimum atomic E-state index is -1.05. The van der Waals surface area contributed by atoms with Crippen molar-refractivity contribution in [3.63, 3.8) is 0 Å². The zero-order valence-electron chi connectivity index (χ0n) is 17.1. The number of carboxylic acids is 1. The Kier molecular flexibility index (Phi) is 6.57. The summed E-state index contributed by atoms with van der Waals surface area (Å²) in [5.41, 5.74) is 0.637. The normalized spacial score (nSPS) is 15.4. The van der Waals surface area contributed by atoms with Crippen molar-refractivity contribution in [1.82, 2.24) is 19.8 Å². The number of aromatic nitrogens is 2. The molecule has 4 rings (SSSR count). The zero-order chi connectivity index (χ0) is 22.0. The highest BCUT2D eigenvalue weighted by Crippen LogP contribution is 2.41. The Labute approximate surface area is 189 Å². The Hall–Kier alpha value is -2.46. The maximum atomic E-state index is 11.5. The number of phenols is 1. The molecule has 1 aliphatic rings. The third-order valence-corrected chi connectivity index (χ3v) is 6.84. The predicted octanol–water partition coefficient (Wildman–Crippen LogP) is 3.46. The number of nitrogens with zero attached hydrogens (tertiary/aromatic N) is 4. The number of piperazine rings is 1. The Bertz CT molecular complexity index is 1100. The molecule has 1 fully saturated rings. The van der Waals surface area contributed by atoms with Crippen LogP contribution in [-0.2, 0) is 0 Å². The summed E-state index contributed by atoms with van der Waals surface area (Å²) < 4.78 is 0.492. The van der Waals surface area contributed by atoms with E-state index in [9.17, 15) is 15.0 Å². The molecule has 0 atom stereocenters. The number of carbonyl (C=O) groups is 1. The first-order valence-electron chi connectivity index (χ1n) is 10.1. The molecule has 1 aliphatic heterocycles. The topological polar surface area (TPSA) is 102 Å². The maximum Gasteiger partial charge on any atom is 0.336 e. The monoisotopic (exact) mass is 461 g/mol. The molecule has 10 heteroatoms. The second-order valence-electron chi connectivity index (χ2n) is 7.61. The summed E-state index contributed by atoms with van der Waals surface area (Å²) in [6.45, 7) is 6.15. The second-order valence-corrected chi connectivity index (χ2v) is 9.07. The summed E-state index contributed by atoms with van der Waals surface area (Å²) in [4.78, 5) is 25.8. The Morgan fingerprint density at radius 2 is 2.06 bits per heavy atom. The summed E-state index contributed by atoms with van der Waals surface area (Å²) in [6.07, 6.45) is 2.51. The quantitative estimate of drug-likeness (QED) is 0.460. The van der Waals surface area contributed by atoms with E-state index in [1.54, 1.807) is 6.07 Å². The molecule has 31 heavy (non-hydrogen) atoms. The van der Waals surface area contributed by atoms with Crippen molar-refractivity contribution in [3.8, 4) is 16.3 Å². The van der Waals surface area contributed by atoms with Gasteiger partial charge < -0.3 is 25.3 Å². The molecule has 0 aliphatic carbocycles. The van der Waals surface area contributed by atoms with Gasteiger partial charge in [0.2, 0.25) is 5.95 Å². The maximum absolute atomic E-state index is 11.5. The first-order chi connectivity index (χ1) is 14.9. The summed E-state index contributed by atoms with van der Waals surface area (Å²) >= 11 is 7.59. The molecular weight excluding hydrogens is 438 g/mol. The van der Waals surface area contributed by atoms with Crippen molar-refractivity contribution in [2.24, 2.45) is 0 Å². The summed E-state index contributed by atoms with van der Waals surface area (Å²) in [5, 5.41) is 23.7. The van der Waals surface area contributed by atoms with Gasteiger partial charge in [0.25, 0.3) is 0 Å². The lowest BCUT2D eigenvalue weighted by atomic mass is 10.1. The van der Waals surface area contributed by atoms with Gasteiger partial charge in [-0.15, -0.1) is 11.3 Å². The molecule has 3 N–H and O–H groups in total. The highest BCUT2D eigenvalue weighted by molar-refractivity contribution is 7.22. The van der Waals surface area contributed by atoms with E-state index in [-0.39, 0.29) is 11.3 Å². The number of halogens is 1. The third kappa shape index (κ3) is 4.90. The zero-order valence-corrected chi connectivity index (χ0v) is 18.7. The fraction of sp³-hybridized carbons (Fsp3) is 0.381. The van der Waals surface area contributed by atoms with Gasteiger partial charge in [0, 0.05) is 38.1 Å². The van der Waals surface area contributed by atoms with E-state index < -0.39 is 5.97 Å². The summed E-state index contributed by atoms with van der Waals surface area (Å²) in [5.74, 6) is -0.549. The molecule has 3 heterocycles. The number of phenolic OH excluding ortho intramolecular Hbond substituents is 1. The predicted molar refractivity (Wildman–Crippen MR) is 124 cm³/mol. The number of rotatable bonds is 7. The fourth-order valence-electron chi connectivity index (χ4n) is 3.61. The average Bonchev–Trinajstić information content (AvgIpc) is 3.19. The van der Waals surface area contributed by atoms with Crippen LogP contribution in [-0.4, -0.2) is 82.3 Å². The van der Waals surface area contributed by atoms with E-state index in [1.807, 2.05) is 0 Å². The van der Waals surface area contributed by atoms with E-state index in [4.69, 9.17) is 11.6 Å². The third-order valence-electron chi connectivity index (χ3n) is 5.40. The number of thiophene rings is 1. The molecular formula is C21H24ClN5O3S. The van der Waals surface area contributed by atoms with Crippen LogP contribution in [0.2, 0.25) is 5.02 Å². The number of aromatic carboxylic acids is 1. The van der Waals surface area contributed by atoms with Crippen molar-refractivity contribution >= 4 is 44.9 Å². The number of carboxylic acid groups (broad SMARTS) is 1. The van der Waals surface area contributed by atoms with Crippen molar-refractivity contribution in [3.05, 3.63) is 35.0 Å². The van der Waals surface area contributed by atoms with E-state index in [0.29, 0.717) is 31.6 Å². The Morgan fingerprint density at radius 1 is 1.29 bits per heavy atom. The van der Waals surface area contributed by atoms with Crippen LogP contribution in [0, 0.1) is 0 Å². The van der Waals surface area contributed by atoms with Crippen LogP contribution < -0.4 is 5.32 Å². The van der Waals surface area contributed by atoms with Gasteiger partial charge in [0.1, 0.15) is 11.4 Å². The van der Waals surface area contributed by atoms with Crippen LogP contribution >= 0.6 is 22.9 Å². The van der Waals surface area contributed by atoms with Crippen LogP contribution in [0.1, 0.15) is 16.8 Å². The molecule has 8 nitrogen and oxygen atoms in total. The highest BCUT2D eigenvalue weighted by atomic mass is 35.5. The van der Waals surface area contributed by atoms with Gasteiger partial charge in [-0.1, -0.05) is 11.6 Å². The highest BCUT2D eigenvalue weighted by Gasteiger charge is 2.18. The molecule has 164 valence electrons. The molecule has 0 saturated carbocycles. The number of aromatic hydroxyl groups is 1. The lowest BCUT2D eigenvalue weighted by molar-refractivity contribution is 0.0699. The number of hydrogen-bond acceptors (Lipinski definition) is 8. The Balaban J connectivity index is 1.47. The first kappa shape index (κ1) is 21.8. The average molecular weight is 462 g/mol. The number of benzene rings is 1. The Morgan fingerprint density at radius 3 is 2.81 bits per heavy atom. The van der Waals surface area contributed by atoms with Crippen molar-refractivity contribution in [2.45, 2.75) is 6.42 Å². The second kappa shape index (κ2) is 9.35. The molecule has 3 aromatic rings. The molecule has 1 aromatic carbocycles. The molecule has 1 saturated heterocycles. The molecule has 0 radical (unpaired) electrons. The van der Waals surface area contributed by atoms with E-state index in [0.717, 1.165) is 45.7 Å². The number of fused-ring (bicyclic) bond motifs is 1. The van der Waals surface area contributed by atoms with Crippen LogP contribution in [0.25, 0.3) is 20.7 Å². The summed E-state index contributed by atoms with van der Waals surface area (Å²) in [7, 11) is 2.15.